The van der Waals surface area contributed by atoms with E-state index < -0.39 is 22.6 Å². The lowest BCUT2D eigenvalue weighted by atomic mass is 10.3. The maximum absolute atomic E-state index is 10.8. The van der Waals surface area contributed by atoms with Crippen molar-refractivity contribution in [3.05, 3.63) is 0 Å². The summed E-state index contributed by atoms with van der Waals surface area (Å²) in [6, 6.07) is 0. The quantitative estimate of drug-likeness (QED) is 0.680. The molecule has 1 rings (SSSR count). The summed E-state index contributed by atoms with van der Waals surface area (Å²) in [5, 5.41) is 8.53. The molecule has 0 aliphatic carbocycles. The predicted molar refractivity (Wildman–Crippen MR) is 41.6 cm³/mol. The lowest BCUT2D eigenvalue weighted by molar-refractivity contribution is 0.117. The van der Waals surface area contributed by atoms with E-state index in [1.807, 2.05) is 0 Å². The third-order valence-corrected chi connectivity index (χ3v) is 3.53. The van der Waals surface area contributed by atoms with E-state index in [1.165, 1.54) is 0 Å². The van der Waals surface area contributed by atoms with Crippen LogP contribution in [-0.4, -0.2) is 24.4 Å². The molecule has 1 N–H and O–H groups in total. The molecule has 1 saturated heterocycles. The molecule has 8 heteroatoms. The molecule has 3 unspecified atom stereocenters. The molecule has 1 aliphatic heterocycles. The summed E-state index contributed by atoms with van der Waals surface area (Å²) in [7, 11) is -5.35. The van der Waals surface area contributed by atoms with Crippen molar-refractivity contribution >= 4 is 16.5 Å². The molecule has 0 amide bonds. The van der Waals surface area contributed by atoms with Gasteiger partial charge in [-0.25, -0.2) is 4.31 Å². The summed E-state index contributed by atoms with van der Waals surface area (Å²) in [6.45, 7) is -0.0428. The van der Waals surface area contributed by atoms with E-state index in [4.69, 9.17) is 9.63 Å². The van der Waals surface area contributed by atoms with E-state index >= 15 is 0 Å². The zero-order chi connectivity index (χ0) is 8.97. The Labute approximate surface area is 70.7 Å². The first-order valence-corrected chi connectivity index (χ1v) is 5.83. The van der Waals surface area contributed by atoms with Gasteiger partial charge in [0.2, 0.25) is 0 Å². The monoisotopic (exact) mass is 216 g/mol. The van der Waals surface area contributed by atoms with Gasteiger partial charge in [-0.1, -0.05) is 0 Å². The molecule has 72 valence electrons. The van der Waals surface area contributed by atoms with Crippen LogP contribution < -0.4 is 0 Å². The van der Waals surface area contributed by atoms with E-state index in [9.17, 15) is 9.13 Å². The number of hydrogen-bond donors (Lipinski definition) is 1. The minimum absolute atomic E-state index is 0.0504. The summed E-state index contributed by atoms with van der Waals surface area (Å²) in [5.41, 5.74) is 0. The third kappa shape index (κ3) is 3.35. The number of rotatable bonds is 2. The van der Waals surface area contributed by atoms with Crippen molar-refractivity contribution < 1.29 is 27.6 Å². The fourth-order valence-electron chi connectivity index (χ4n) is 0.739. The van der Waals surface area contributed by atoms with Gasteiger partial charge >= 0.3 is 16.5 Å². The molecular formula is C4H10O6P2. The molecule has 0 aromatic carbocycles. The Kier molecular flexibility index (Phi) is 4.43. The Morgan fingerprint density at radius 3 is 2.83 bits per heavy atom. The Morgan fingerprint density at radius 1 is 1.42 bits per heavy atom. The van der Waals surface area contributed by atoms with E-state index in [0.717, 1.165) is 0 Å². The molecule has 0 aromatic rings. The van der Waals surface area contributed by atoms with Gasteiger partial charge in [-0.2, -0.15) is 0 Å². The molecule has 0 bridgehead atoms. The van der Waals surface area contributed by atoms with Crippen LogP contribution in [0.15, 0.2) is 0 Å². The smallest absolute Gasteiger partial charge is 0.326 e. The zero-order valence-electron chi connectivity index (χ0n) is 6.19. The summed E-state index contributed by atoms with van der Waals surface area (Å²) < 4.78 is 35.2. The molecule has 6 nitrogen and oxygen atoms in total. The highest BCUT2D eigenvalue weighted by Crippen LogP contribution is 2.43. The third-order valence-electron chi connectivity index (χ3n) is 1.27. The lowest BCUT2D eigenvalue weighted by Crippen LogP contribution is -2.15. The lowest BCUT2D eigenvalue weighted by Gasteiger charge is -2.09. The van der Waals surface area contributed by atoms with Crippen molar-refractivity contribution in [3.63, 3.8) is 0 Å². The van der Waals surface area contributed by atoms with Gasteiger partial charge in [-0.3, -0.25) is 9.13 Å². The van der Waals surface area contributed by atoms with Gasteiger partial charge in [0.15, 0.2) is 0 Å². The highest BCUT2D eigenvalue weighted by Gasteiger charge is 2.20. The Hall–Kier alpha value is 0.300. The van der Waals surface area contributed by atoms with Crippen LogP contribution in [0.4, 0.5) is 0 Å². The second-order valence-electron chi connectivity index (χ2n) is 2.17. The minimum atomic E-state index is -2.70. The van der Waals surface area contributed by atoms with E-state index in [0.29, 0.717) is 6.42 Å². The van der Waals surface area contributed by atoms with Gasteiger partial charge in [0.05, 0.1) is 12.7 Å². The molecule has 0 saturated carbocycles. The fraction of sp³-hybridized carbons (Fsp3) is 1.00. The second kappa shape index (κ2) is 5.12. The van der Waals surface area contributed by atoms with E-state index in [-0.39, 0.29) is 13.2 Å². The molecule has 12 heavy (non-hydrogen) atoms. The fourth-order valence-corrected chi connectivity index (χ4v) is 2.49. The van der Waals surface area contributed by atoms with Crippen LogP contribution in [0.2, 0.25) is 0 Å². The average Bonchev–Trinajstić information content (AvgIpc) is 2.13. The van der Waals surface area contributed by atoms with Crippen LogP contribution in [0, 0.1) is 0 Å². The van der Waals surface area contributed by atoms with Crippen molar-refractivity contribution in [1.29, 1.82) is 0 Å². The number of aliphatic hydroxyl groups excluding tert-OH is 1. The maximum atomic E-state index is 10.8. The normalized spacial score (nSPS) is 37.6. The number of aliphatic hydroxyl groups is 1. The SMILES string of the molecule is O=[PH]1OCC(CCO)O[PH](=O)O1. The molecule has 0 radical (unpaired) electrons. The van der Waals surface area contributed by atoms with Gasteiger partial charge in [0, 0.05) is 6.61 Å². The van der Waals surface area contributed by atoms with Crippen LogP contribution in [0.25, 0.3) is 0 Å². The first kappa shape index (κ1) is 10.4. The van der Waals surface area contributed by atoms with Gasteiger partial charge in [-0.15, -0.1) is 0 Å². The first-order chi connectivity index (χ1) is 5.72. The van der Waals surface area contributed by atoms with Gasteiger partial charge in [0.1, 0.15) is 0 Å². The first-order valence-electron chi connectivity index (χ1n) is 3.38. The van der Waals surface area contributed by atoms with E-state index in [1.54, 1.807) is 0 Å². The summed E-state index contributed by atoms with van der Waals surface area (Å²) in [5.74, 6) is 0. The zero-order valence-corrected chi connectivity index (χ0v) is 8.19. The van der Waals surface area contributed by atoms with Crippen LogP contribution in [0.5, 0.6) is 0 Å². The van der Waals surface area contributed by atoms with Gasteiger partial charge in [0.25, 0.3) is 0 Å². The standard InChI is InChI=1S/C4H10O6P2/c5-2-1-4-3-8-11(6)10-12(7)9-4/h4-5,11-12H,1-3H2. The molecule has 0 aromatic heterocycles. The average molecular weight is 216 g/mol. The van der Waals surface area contributed by atoms with Crippen molar-refractivity contribution in [2.24, 2.45) is 0 Å². The molecule has 1 aliphatic rings. The molecule has 0 spiro atoms. The molecule has 1 fully saturated rings. The van der Waals surface area contributed by atoms with E-state index in [2.05, 4.69) is 8.83 Å². The highest BCUT2D eigenvalue weighted by atomic mass is 31.2. The maximum Gasteiger partial charge on any atom is 0.326 e. The summed E-state index contributed by atoms with van der Waals surface area (Å²) in [6.07, 6.45) is -0.188. The Morgan fingerprint density at radius 2 is 2.17 bits per heavy atom. The van der Waals surface area contributed by atoms with Crippen molar-refractivity contribution in [3.8, 4) is 0 Å². The van der Waals surface area contributed by atoms with Crippen molar-refractivity contribution in [1.82, 2.24) is 0 Å². The topological polar surface area (TPSA) is 82.1 Å². The largest absolute Gasteiger partial charge is 0.396 e. The van der Waals surface area contributed by atoms with Crippen LogP contribution in [-0.2, 0) is 22.5 Å². The highest BCUT2D eigenvalue weighted by molar-refractivity contribution is 7.47. The summed E-state index contributed by atoms with van der Waals surface area (Å²) in [4.78, 5) is 0. The number of hydrogen-bond acceptors (Lipinski definition) is 6. The van der Waals surface area contributed by atoms with Crippen molar-refractivity contribution in [2.45, 2.75) is 12.5 Å². The molecular weight excluding hydrogens is 206 g/mol. The van der Waals surface area contributed by atoms with Crippen LogP contribution >= 0.6 is 16.5 Å². The van der Waals surface area contributed by atoms with Crippen LogP contribution in [0.1, 0.15) is 6.42 Å². The van der Waals surface area contributed by atoms with Crippen LogP contribution in [0.3, 0.4) is 0 Å². The van der Waals surface area contributed by atoms with Gasteiger partial charge < -0.3 is 14.2 Å². The summed E-state index contributed by atoms with van der Waals surface area (Å²) >= 11 is 0. The Balaban J connectivity index is 2.46. The predicted octanol–water partition coefficient (Wildman–Crippen LogP) is 0.580. The minimum Gasteiger partial charge on any atom is -0.396 e. The van der Waals surface area contributed by atoms with Crippen molar-refractivity contribution in [2.75, 3.05) is 13.2 Å². The molecule has 3 atom stereocenters. The Bertz CT molecular complexity index is 194. The van der Waals surface area contributed by atoms with Gasteiger partial charge in [-0.05, 0) is 6.42 Å². The molecule has 1 heterocycles. The second-order valence-corrected chi connectivity index (χ2v) is 4.51.